The van der Waals surface area contributed by atoms with Crippen molar-refractivity contribution < 1.29 is 4.79 Å². The van der Waals surface area contributed by atoms with E-state index in [2.05, 4.69) is 10.00 Å². The number of rotatable bonds is 2. The normalized spacial score (nSPS) is 16.8. The average molecular weight is 237 g/mol. The fourth-order valence-corrected chi connectivity index (χ4v) is 2.26. The third kappa shape index (κ3) is 2.00. The first-order valence-corrected chi connectivity index (χ1v) is 5.76. The molecule has 0 bridgehead atoms. The number of hydrogen-bond donors (Lipinski definition) is 1. The minimum absolute atomic E-state index is 0.137. The van der Waals surface area contributed by atoms with Gasteiger partial charge in [0.05, 0.1) is 12.2 Å². The molecule has 0 aliphatic carbocycles. The topological polar surface area (TPSA) is 67.4 Å². The maximum absolute atomic E-state index is 11.7. The molecule has 1 saturated heterocycles. The van der Waals surface area contributed by atoms with Gasteiger partial charge in [0.25, 0.3) is 0 Å². The zero-order valence-electron chi connectivity index (χ0n) is 10.6. The monoisotopic (exact) mass is 237 g/mol. The van der Waals surface area contributed by atoms with Crippen molar-refractivity contribution in [2.75, 3.05) is 31.6 Å². The van der Waals surface area contributed by atoms with Crippen molar-refractivity contribution in [2.24, 2.45) is 12.8 Å². The van der Waals surface area contributed by atoms with E-state index in [4.69, 9.17) is 5.73 Å². The average Bonchev–Trinajstić information content (AvgIpc) is 2.57. The Hall–Kier alpha value is -1.56. The highest BCUT2D eigenvalue weighted by Crippen LogP contribution is 2.23. The molecule has 6 heteroatoms. The highest BCUT2D eigenvalue weighted by molar-refractivity contribution is 5.82. The first-order chi connectivity index (χ1) is 8.04. The van der Waals surface area contributed by atoms with Crippen molar-refractivity contribution in [1.29, 1.82) is 0 Å². The van der Waals surface area contributed by atoms with Crippen LogP contribution < -0.4 is 10.6 Å². The van der Waals surface area contributed by atoms with Crippen LogP contribution in [0, 0.1) is 6.92 Å². The van der Waals surface area contributed by atoms with E-state index in [9.17, 15) is 4.79 Å². The number of carbonyl (C=O) groups is 1. The summed E-state index contributed by atoms with van der Waals surface area (Å²) in [5.41, 5.74) is 7.73. The molecule has 0 spiro atoms. The second-order valence-corrected chi connectivity index (χ2v) is 4.45. The maximum Gasteiger partial charge on any atom is 0.241 e. The largest absolute Gasteiger partial charge is 0.345 e. The predicted octanol–water partition coefficient (Wildman–Crippen LogP) is -0.534. The summed E-state index contributed by atoms with van der Waals surface area (Å²) in [4.78, 5) is 15.5. The Morgan fingerprint density at radius 2 is 2.06 bits per heavy atom. The molecule has 2 rings (SSSR count). The van der Waals surface area contributed by atoms with Crippen LogP contribution in [0.4, 0.5) is 5.82 Å². The van der Waals surface area contributed by atoms with Crippen LogP contribution in [0.15, 0.2) is 0 Å². The molecule has 17 heavy (non-hydrogen) atoms. The van der Waals surface area contributed by atoms with Crippen molar-refractivity contribution >= 4 is 11.7 Å². The summed E-state index contributed by atoms with van der Waals surface area (Å²) in [5.74, 6) is 1.12. The zero-order valence-corrected chi connectivity index (χ0v) is 10.6. The Balaban J connectivity index is 2.31. The maximum atomic E-state index is 11.7. The number of nitrogens with zero attached hydrogens (tertiary/aromatic N) is 4. The summed E-state index contributed by atoms with van der Waals surface area (Å²) >= 11 is 0. The molecule has 1 aromatic heterocycles. The molecule has 0 unspecified atom stereocenters. The number of aromatic nitrogens is 2. The number of amides is 1. The molecule has 1 aliphatic rings. The van der Waals surface area contributed by atoms with Gasteiger partial charge in [-0.3, -0.25) is 9.48 Å². The van der Waals surface area contributed by atoms with Gasteiger partial charge >= 0.3 is 0 Å². The second kappa shape index (κ2) is 4.37. The van der Waals surface area contributed by atoms with Gasteiger partial charge in [-0.2, -0.15) is 5.10 Å². The fraction of sp³-hybridized carbons (Fsp3) is 0.636. The van der Waals surface area contributed by atoms with Crippen LogP contribution in [0.2, 0.25) is 0 Å². The summed E-state index contributed by atoms with van der Waals surface area (Å²) in [6, 6.07) is 0. The molecule has 0 aromatic carbocycles. The summed E-state index contributed by atoms with van der Waals surface area (Å²) in [5, 5.41) is 4.37. The number of hydrogen-bond acceptors (Lipinski definition) is 4. The number of aryl methyl sites for hydroxylation is 2. The van der Waals surface area contributed by atoms with E-state index < -0.39 is 0 Å². The van der Waals surface area contributed by atoms with Crippen molar-refractivity contribution in [3.8, 4) is 0 Å². The standard InChI is InChI=1S/C11H19N5O/c1-8-9(6-12)11(15(3)13-8)16-5-4-14(2)10(17)7-16/h4-7,12H2,1-3H3. The van der Waals surface area contributed by atoms with Crippen LogP contribution in [-0.2, 0) is 18.4 Å². The molecule has 94 valence electrons. The molecule has 1 amide bonds. The van der Waals surface area contributed by atoms with E-state index in [1.807, 2.05) is 25.7 Å². The van der Waals surface area contributed by atoms with E-state index >= 15 is 0 Å². The molecule has 0 atom stereocenters. The van der Waals surface area contributed by atoms with Crippen molar-refractivity contribution in [3.63, 3.8) is 0 Å². The molecule has 2 heterocycles. The number of nitrogens with two attached hydrogens (primary N) is 1. The quantitative estimate of drug-likeness (QED) is 0.750. The lowest BCUT2D eigenvalue weighted by atomic mass is 10.2. The predicted molar refractivity (Wildman–Crippen MR) is 65.7 cm³/mol. The van der Waals surface area contributed by atoms with E-state index in [1.165, 1.54) is 0 Å². The molecular formula is C11H19N5O. The second-order valence-electron chi connectivity index (χ2n) is 4.45. The highest BCUT2D eigenvalue weighted by atomic mass is 16.2. The van der Waals surface area contributed by atoms with Gasteiger partial charge in [0.15, 0.2) is 0 Å². The number of anilines is 1. The van der Waals surface area contributed by atoms with Crippen LogP contribution in [-0.4, -0.2) is 47.3 Å². The minimum atomic E-state index is 0.137. The van der Waals surface area contributed by atoms with Crippen LogP contribution in [0.1, 0.15) is 11.3 Å². The number of carbonyl (C=O) groups excluding carboxylic acids is 1. The van der Waals surface area contributed by atoms with Gasteiger partial charge in [0, 0.05) is 39.3 Å². The first kappa shape index (κ1) is 11.9. The van der Waals surface area contributed by atoms with E-state index in [0.717, 1.165) is 30.2 Å². The fourth-order valence-electron chi connectivity index (χ4n) is 2.26. The van der Waals surface area contributed by atoms with Crippen molar-refractivity contribution in [1.82, 2.24) is 14.7 Å². The zero-order chi connectivity index (χ0) is 12.6. The Kier molecular flexibility index (Phi) is 3.06. The van der Waals surface area contributed by atoms with Gasteiger partial charge in [-0.15, -0.1) is 0 Å². The lowest BCUT2D eigenvalue weighted by molar-refractivity contribution is -0.129. The molecular weight excluding hydrogens is 218 g/mol. The van der Waals surface area contributed by atoms with Crippen LogP contribution in [0.5, 0.6) is 0 Å². The third-order valence-corrected chi connectivity index (χ3v) is 3.27. The molecule has 1 aromatic rings. The Bertz CT molecular complexity index is 439. The van der Waals surface area contributed by atoms with E-state index in [0.29, 0.717) is 13.1 Å². The van der Waals surface area contributed by atoms with Gasteiger partial charge in [-0.05, 0) is 6.92 Å². The molecule has 1 aliphatic heterocycles. The van der Waals surface area contributed by atoms with Crippen LogP contribution in [0.25, 0.3) is 0 Å². The Morgan fingerprint density at radius 3 is 2.65 bits per heavy atom. The summed E-state index contributed by atoms with van der Waals surface area (Å²) in [6.07, 6.45) is 0. The molecule has 2 N–H and O–H groups in total. The van der Waals surface area contributed by atoms with Crippen LogP contribution >= 0.6 is 0 Å². The van der Waals surface area contributed by atoms with E-state index in [-0.39, 0.29) is 5.91 Å². The lowest BCUT2D eigenvalue weighted by Gasteiger charge is -2.33. The Morgan fingerprint density at radius 1 is 1.35 bits per heavy atom. The SMILES string of the molecule is Cc1nn(C)c(N2CCN(C)C(=O)C2)c1CN. The third-order valence-electron chi connectivity index (χ3n) is 3.27. The van der Waals surface area contributed by atoms with Gasteiger partial charge < -0.3 is 15.5 Å². The van der Waals surface area contributed by atoms with E-state index in [1.54, 1.807) is 4.90 Å². The van der Waals surface area contributed by atoms with Gasteiger partial charge in [-0.25, -0.2) is 0 Å². The highest BCUT2D eigenvalue weighted by Gasteiger charge is 2.25. The van der Waals surface area contributed by atoms with Crippen LogP contribution in [0.3, 0.4) is 0 Å². The summed E-state index contributed by atoms with van der Waals surface area (Å²) < 4.78 is 1.82. The number of likely N-dealkylation sites (N-methyl/N-ethyl adjacent to an activating group) is 1. The lowest BCUT2D eigenvalue weighted by Crippen LogP contribution is -2.49. The van der Waals surface area contributed by atoms with Gasteiger partial charge in [0.1, 0.15) is 5.82 Å². The number of piperazine rings is 1. The molecule has 6 nitrogen and oxygen atoms in total. The Labute approximate surface area is 101 Å². The van der Waals surface area contributed by atoms with Gasteiger partial charge in [-0.1, -0.05) is 0 Å². The van der Waals surface area contributed by atoms with Crippen molar-refractivity contribution in [2.45, 2.75) is 13.5 Å². The van der Waals surface area contributed by atoms with Crippen molar-refractivity contribution in [3.05, 3.63) is 11.3 Å². The summed E-state index contributed by atoms with van der Waals surface area (Å²) in [7, 11) is 3.72. The van der Waals surface area contributed by atoms with Gasteiger partial charge in [0.2, 0.25) is 5.91 Å². The molecule has 0 saturated carbocycles. The first-order valence-electron chi connectivity index (χ1n) is 5.76. The molecule has 1 fully saturated rings. The smallest absolute Gasteiger partial charge is 0.241 e. The minimum Gasteiger partial charge on any atom is -0.345 e. The molecule has 0 radical (unpaired) electrons. The summed E-state index contributed by atoms with van der Waals surface area (Å²) in [6.45, 7) is 4.38.